The van der Waals surface area contributed by atoms with Crippen LogP contribution in [-0.4, -0.2) is 11.7 Å². The lowest BCUT2D eigenvalue weighted by molar-refractivity contribution is 0.0150. The SMILES string of the molecule is Cc1cc(O)ccc1-c1c(C)ccc2cc3cc(C4CCCCO4)cc(C)c3cc12. The summed E-state index contributed by atoms with van der Waals surface area (Å²) in [6.45, 7) is 7.31. The Balaban J connectivity index is 1.73. The lowest BCUT2D eigenvalue weighted by Crippen LogP contribution is -2.11. The van der Waals surface area contributed by atoms with Gasteiger partial charge in [-0.2, -0.15) is 0 Å². The van der Waals surface area contributed by atoms with Crippen LogP contribution >= 0.6 is 0 Å². The summed E-state index contributed by atoms with van der Waals surface area (Å²) >= 11 is 0. The molecule has 1 fully saturated rings. The first-order valence-electron chi connectivity index (χ1n) is 10.9. The van der Waals surface area contributed by atoms with Crippen molar-refractivity contribution in [1.82, 2.24) is 0 Å². The fourth-order valence-electron chi connectivity index (χ4n) is 4.98. The minimum atomic E-state index is 0.228. The summed E-state index contributed by atoms with van der Waals surface area (Å²) < 4.78 is 6.05. The van der Waals surface area contributed by atoms with Crippen molar-refractivity contribution < 1.29 is 9.84 Å². The average molecular weight is 397 g/mol. The highest BCUT2D eigenvalue weighted by Crippen LogP contribution is 2.39. The second kappa shape index (κ2) is 7.45. The molecule has 1 heterocycles. The lowest BCUT2D eigenvalue weighted by Gasteiger charge is -2.24. The van der Waals surface area contributed by atoms with E-state index in [1.807, 2.05) is 12.1 Å². The largest absolute Gasteiger partial charge is 0.508 e. The highest BCUT2D eigenvalue weighted by molar-refractivity contribution is 6.07. The van der Waals surface area contributed by atoms with E-state index >= 15 is 0 Å². The summed E-state index contributed by atoms with van der Waals surface area (Å²) in [7, 11) is 0. The molecule has 0 aliphatic carbocycles. The molecule has 0 amide bonds. The molecule has 0 aromatic heterocycles. The summed E-state index contributed by atoms with van der Waals surface area (Å²) in [5.41, 5.74) is 7.38. The van der Waals surface area contributed by atoms with E-state index in [0.29, 0.717) is 5.75 Å². The van der Waals surface area contributed by atoms with Gasteiger partial charge in [0.05, 0.1) is 6.10 Å². The second-order valence-corrected chi connectivity index (χ2v) is 8.74. The van der Waals surface area contributed by atoms with Gasteiger partial charge in [-0.3, -0.25) is 0 Å². The normalized spacial score (nSPS) is 17.0. The van der Waals surface area contributed by atoms with Crippen molar-refractivity contribution >= 4 is 21.5 Å². The molecular formula is C28H28O2. The van der Waals surface area contributed by atoms with E-state index in [9.17, 15) is 5.11 Å². The standard InChI is InChI=1S/C28H28O2/c1-17-7-8-20-14-21-15-22(27-6-4-5-11-30-27)12-18(2)25(21)16-26(20)28(17)24-10-9-23(29)13-19(24)3/h7-10,12-16,27,29H,4-6,11H2,1-3H3. The highest BCUT2D eigenvalue weighted by atomic mass is 16.5. The van der Waals surface area contributed by atoms with Gasteiger partial charge in [-0.15, -0.1) is 0 Å². The number of phenols is 1. The predicted molar refractivity (Wildman–Crippen MR) is 125 cm³/mol. The van der Waals surface area contributed by atoms with Crippen molar-refractivity contribution in [2.45, 2.75) is 46.1 Å². The van der Waals surface area contributed by atoms with Crippen LogP contribution < -0.4 is 0 Å². The predicted octanol–water partition coefficient (Wildman–Crippen LogP) is 7.53. The van der Waals surface area contributed by atoms with Gasteiger partial charge >= 0.3 is 0 Å². The van der Waals surface area contributed by atoms with Crippen LogP contribution in [0.1, 0.15) is 47.6 Å². The molecule has 1 unspecified atom stereocenters. The first-order valence-corrected chi connectivity index (χ1v) is 10.9. The van der Waals surface area contributed by atoms with Crippen molar-refractivity contribution in [2.75, 3.05) is 6.61 Å². The maximum atomic E-state index is 9.87. The maximum Gasteiger partial charge on any atom is 0.115 e. The first kappa shape index (κ1) is 19.1. The molecule has 0 radical (unpaired) electrons. The van der Waals surface area contributed by atoms with E-state index in [-0.39, 0.29) is 6.10 Å². The molecule has 1 N–H and O–H groups in total. The molecule has 1 atom stereocenters. The Morgan fingerprint density at radius 2 is 1.63 bits per heavy atom. The molecule has 4 aromatic carbocycles. The number of aryl methyl sites for hydroxylation is 3. The number of hydrogen-bond donors (Lipinski definition) is 1. The van der Waals surface area contributed by atoms with Crippen LogP contribution in [0.4, 0.5) is 0 Å². The van der Waals surface area contributed by atoms with Gasteiger partial charge < -0.3 is 9.84 Å². The van der Waals surface area contributed by atoms with Crippen LogP contribution in [0.3, 0.4) is 0 Å². The van der Waals surface area contributed by atoms with Crippen LogP contribution in [0.25, 0.3) is 32.7 Å². The Morgan fingerprint density at radius 1 is 0.767 bits per heavy atom. The van der Waals surface area contributed by atoms with Gasteiger partial charge in [0.15, 0.2) is 0 Å². The molecule has 0 spiro atoms. The number of hydrogen-bond acceptors (Lipinski definition) is 2. The topological polar surface area (TPSA) is 29.5 Å². The zero-order valence-electron chi connectivity index (χ0n) is 18.0. The molecule has 1 aliphatic rings. The fourth-order valence-corrected chi connectivity index (χ4v) is 4.98. The molecule has 1 saturated heterocycles. The van der Waals surface area contributed by atoms with Crippen LogP contribution in [0.2, 0.25) is 0 Å². The third-order valence-corrected chi connectivity index (χ3v) is 6.56. The van der Waals surface area contributed by atoms with E-state index in [4.69, 9.17) is 4.74 Å². The molecule has 2 heteroatoms. The van der Waals surface area contributed by atoms with Crippen molar-refractivity contribution in [3.8, 4) is 16.9 Å². The maximum absolute atomic E-state index is 9.87. The van der Waals surface area contributed by atoms with Gasteiger partial charge in [0.1, 0.15) is 5.75 Å². The zero-order valence-corrected chi connectivity index (χ0v) is 18.0. The van der Waals surface area contributed by atoms with Crippen molar-refractivity contribution in [3.05, 3.63) is 76.9 Å². The summed E-state index contributed by atoms with van der Waals surface area (Å²) in [6.07, 6.45) is 3.76. The summed E-state index contributed by atoms with van der Waals surface area (Å²) in [4.78, 5) is 0. The number of benzene rings is 4. The lowest BCUT2D eigenvalue weighted by atomic mass is 9.88. The van der Waals surface area contributed by atoms with Gasteiger partial charge in [0, 0.05) is 6.61 Å². The van der Waals surface area contributed by atoms with E-state index in [1.54, 1.807) is 6.07 Å². The first-order chi connectivity index (χ1) is 14.5. The van der Waals surface area contributed by atoms with Crippen LogP contribution in [0, 0.1) is 20.8 Å². The molecule has 30 heavy (non-hydrogen) atoms. The van der Waals surface area contributed by atoms with Gasteiger partial charge in [-0.25, -0.2) is 0 Å². The third-order valence-electron chi connectivity index (χ3n) is 6.56. The third kappa shape index (κ3) is 3.26. The smallest absolute Gasteiger partial charge is 0.115 e. The minimum absolute atomic E-state index is 0.228. The van der Waals surface area contributed by atoms with Gasteiger partial charge in [0.25, 0.3) is 0 Å². The van der Waals surface area contributed by atoms with Crippen molar-refractivity contribution in [3.63, 3.8) is 0 Å². The minimum Gasteiger partial charge on any atom is -0.508 e. The molecule has 5 rings (SSSR count). The summed E-state index contributed by atoms with van der Waals surface area (Å²) in [5, 5.41) is 15.0. The molecule has 0 bridgehead atoms. The van der Waals surface area contributed by atoms with E-state index in [2.05, 4.69) is 57.2 Å². The Morgan fingerprint density at radius 3 is 2.40 bits per heavy atom. The number of fused-ring (bicyclic) bond motifs is 2. The van der Waals surface area contributed by atoms with Crippen molar-refractivity contribution in [2.24, 2.45) is 0 Å². The second-order valence-electron chi connectivity index (χ2n) is 8.74. The van der Waals surface area contributed by atoms with Crippen LogP contribution in [-0.2, 0) is 4.74 Å². The zero-order chi connectivity index (χ0) is 20.8. The summed E-state index contributed by atoms with van der Waals surface area (Å²) in [5.74, 6) is 0.313. The van der Waals surface area contributed by atoms with E-state index in [1.165, 1.54) is 62.2 Å². The Kier molecular flexibility index (Phi) is 4.75. The van der Waals surface area contributed by atoms with Gasteiger partial charge in [-0.05, 0) is 125 Å². The molecule has 4 aromatic rings. The molecule has 152 valence electrons. The van der Waals surface area contributed by atoms with E-state index < -0.39 is 0 Å². The van der Waals surface area contributed by atoms with Crippen molar-refractivity contribution in [1.29, 1.82) is 0 Å². The van der Waals surface area contributed by atoms with E-state index in [0.717, 1.165) is 18.6 Å². The molecular weight excluding hydrogens is 368 g/mol. The Labute approximate surface area is 178 Å². The summed E-state index contributed by atoms with van der Waals surface area (Å²) in [6, 6.07) is 19.4. The van der Waals surface area contributed by atoms with Gasteiger partial charge in [0.2, 0.25) is 0 Å². The molecule has 2 nitrogen and oxygen atoms in total. The highest BCUT2D eigenvalue weighted by Gasteiger charge is 2.18. The quantitative estimate of drug-likeness (QED) is 0.355. The van der Waals surface area contributed by atoms with Gasteiger partial charge in [-0.1, -0.05) is 24.3 Å². The number of ether oxygens (including phenoxy) is 1. The fraction of sp³-hybridized carbons (Fsp3) is 0.286. The number of phenolic OH excluding ortho intramolecular Hbond substituents is 1. The number of rotatable bonds is 2. The Hall–Kier alpha value is -2.84. The molecule has 1 aliphatic heterocycles. The van der Waals surface area contributed by atoms with Crippen LogP contribution in [0.15, 0.2) is 54.6 Å². The number of aromatic hydroxyl groups is 1. The van der Waals surface area contributed by atoms with Crippen LogP contribution in [0.5, 0.6) is 5.75 Å². The Bertz CT molecular complexity index is 1260. The molecule has 0 saturated carbocycles. The average Bonchev–Trinajstić information content (AvgIpc) is 2.74. The monoisotopic (exact) mass is 396 g/mol.